The van der Waals surface area contributed by atoms with Crippen molar-refractivity contribution in [3.05, 3.63) is 30.1 Å². The van der Waals surface area contributed by atoms with Crippen LogP contribution in [0.2, 0.25) is 0 Å². The van der Waals surface area contributed by atoms with Crippen LogP contribution in [0.15, 0.2) is 24.4 Å². The van der Waals surface area contributed by atoms with Gasteiger partial charge in [-0.25, -0.2) is 0 Å². The van der Waals surface area contributed by atoms with Crippen molar-refractivity contribution in [1.29, 1.82) is 0 Å². The van der Waals surface area contributed by atoms with Gasteiger partial charge in [-0.2, -0.15) is 0 Å². The molecule has 1 aliphatic heterocycles. The molecule has 1 N–H and O–H groups in total. The maximum absolute atomic E-state index is 12.1. The number of carbonyl (C=O) groups is 2. The number of carbonyl (C=O) groups excluding carboxylic acids is 2. The second-order valence-electron chi connectivity index (χ2n) is 5.39. The van der Waals surface area contributed by atoms with Gasteiger partial charge < -0.3 is 10.2 Å². The van der Waals surface area contributed by atoms with Gasteiger partial charge in [0.1, 0.15) is 0 Å². The highest BCUT2D eigenvalue weighted by molar-refractivity contribution is 5.83. The normalized spacial score (nSPS) is 15.3. The van der Waals surface area contributed by atoms with Crippen molar-refractivity contribution in [2.45, 2.75) is 45.1 Å². The monoisotopic (exact) mass is 289 g/mol. The smallest absolute Gasteiger partial charge is 0.223 e. The molecule has 1 aliphatic rings. The van der Waals surface area contributed by atoms with E-state index < -0.39 is 0 Å². The number of aromatic nitrogens is 1. The summed E-state index contributed by atoms with van der Waals surface area (Å²) in [5, 5.41) is 2.80. The Labute approximate surface area is 125 Å². The van der Waals surface area contributed by atoms with Crippen LogP contribution in [0.3, 0.4) is 0 Å². The highest BCUT2D eigenvalue weighted by atomic mass is 16.2. The van der Waals surface area contributed by atoms with Crippen LogP contribution in [0.5, 0.6) is 0 Å². The fourth-order valence-corrected chi connectivity index (χ4v) is 2.48. The van der Waals surface area contributed by atoms with Crippen LogP contribution in [0.4, 0.5) is 0 Å². The van der Waals surface area contributed by atoms with Crippen LogP contribution in [0.1, 0.15) is 44.2 Å². The van der Waals surface area contributed by atoms with Crippen molar-refractivity contribution >= 4 is 11.8 Å². The molecule has 1 aromatic rings. The molecular weight excluding hydrogens is 266 g/mol. The molecule has 0 aromatic carbocycles. The maximum atomic E-state index is 12.1. The first kappa shape index (κ1) is 15.5. The molecule has 0 radical (unpaired) electrons. The van der Waals surface area contributed by atoms with Gasteiger partial charge in [-0.05, 0) is 25.0 Å². The number of nitrogens with one attached hydrogen (secondary N) is 1. The number of pyridine rings is 1. The van der Waals surface area contributed by atoms with Gasteiger partial charge in [-0.1, -0.05) is 18.9 Å². The Morgan fingerprint density at radius 2 is 1.86 bits per heavy atom. The van der Waals surface area contributed by atoms with Crippen molar-refractivity contribution < 1.29 is 9.59 Å². The van der Waals surface area contributed by atoms with E-state index in [0.29, 0.717) is 13.0 Å². The zero-order valence-corrected chi connectivity index (χ0v) is 12.4. The number of amides is 2. The summed E-state index contributed by atoms with van der Waals surface area (Å²) in [5.74, 6) is 0.00807. The molecule has 2 rings (SSSR count). The summed E-state index contributed by atoms with van der Waals surface area (Å²) in [6, 6.07) is 5.59. The van der Waals surface area contributed by atoms with E-state index >= 15 is 0 Å². The van der Waals surface area contributed by atoms with Gasteiger partial charge in [-0.15, -0.1) is 0 Å². The molecule has 21 heavy (non-hydrogen) atoms. The fourth-order valence-electron chi connectivity index (χ4n) is 2.48. The van der Waals surface area contributed by atoms with E-state index in [1.807, 2.05) is 23.1 Å². The predicted octanol–water partition coefficient (Wildman–Crippen LogP) is 1.88. The number of hydrogen-bond acceptors (Lipinski definition) is 3. The zero-order valence-electron chi connectivity index (χ0n) is 12.4. The molecule has 0 atom stereocenters. The lowest BCUT2D eigenvalue weighted by molar-refractivity contribution is -0.133. The first-order chi connectivity index (χ1) is 10.3. The largest absolute Gasteiger partial charge is 0.350 e. The van der Waals surface area contributed by atoms with Crippen LogP contribution in [0.25, 0.3) is 0 Å². The molecule has 0 spiro atoms. The minimum absolute atomic E-state index is 0.0937. The highest BCUT2D eigenvalue weighted by Gasteiger charge is 2.16. The number of nitrogens with zero attached hydrogens (tertiary/aromatic N) is 2. The predicted molar refractivity (Wildman–Crippen MR) is 80.4 cm³/mol. The van der Waals surface area contributed by atoms with Gasteiger partial charge in [-0.3, -0.25) is 14.6 Å². The van der Waals surface area contributed by atoms with E-state index in [1.54, 1.807) is 6.20 Å². The third-order valence-corrected chi connectivity index (χ3v) is 3.72. The molecule has 1 aromatic heterocycles. The quantitative estimate of drug-likeness (QED) is 0.900. The van der Waals surface area contributed by atoms with Crippen molar-refractivity contribution in [3.63, 3.8) is 0 Å². The third kappa shape index (κ3) is 5.53. The Morgan fingerprint density at radius 3 is 2.52 bits per heavy atom. The highest BCUT2D eigenvalue weighted by Crippen LogP contribution is 2.11. The molecule has 5 heteroatoms. The van der Waals surface area contributed by atoms with Crippen LogP contribution in [-0.4, -0.2) is 34.8 Å². The third-order valence-electron chi connectivity index (χ3n) is 3.72. The first-order valence-electron chi connectivity index (χ1n) is 7.70. The zero-order chi connectivity index (χ0) is 14.9. The van der Waals surface area contributed by atoms with E-state index in [4.69, 9.17) is 0 Å². The molecule has 0 unspecified atom stereocenters. The van der Waals surface area contributed by atoms with Gasteiger partial charge in [0.25, 0.3) is 0 Å². The Bertz CT molecular complexity index is 454. The molecule has 0 bridgehead atoms. The fraction of sp³-hybridized carbons (Fsp3) is 0.562. The number of likely N-dealkylation sites (tertiary alicyclic amines) is 1. The molecule has 0 saturated carbocycles. The van der Waals surface area contributed by atoms with Gasteiger partial charge in [0.15, 0.2) is 0 Å². The summed E-state index contributed by atoms with van der Waals surface area (Å²) >= 11 is 0. The van der Waals surface area contributed by atoms with Crippen LogP contribution in [-0.2, 0) is 16.1 Å². The maximum Gasteiger partial charge on any atom is 0.223 e. The second kappa shape index (κ2) is 8.39. The molecule has 1 saturated heterocycles. The summed E-state index contributed by atoms with van der Waals surface area (Å²) in [6.07, 6.45) is 6.82. The van der Waals surface area contributed by atoms with E-state index in [-0.39, 0.29) is 18.2 Å². The van der Waals surface area contributed by atoms with Crippen LogP contribution < -0.4 is 5.32 Å². The molecule has 114 valence electrons. The molecule has 2 heterocycles. The lowest BCUT2D eigenvalue weighted by Crippen LogP contribution is -2.33. The number of rotatable bonds is 5. The van der Waals surface area contributed by atoms with E-state index in [1.165, 1.54) is 12.8 Å². The summed E-state index contributed by atoms with van der Waals surface area (Å²) in [7, 11) is 0. The second-order valence-corrected chi connectivity index (χ2v) is 5.39. The summed E-state index contributed by atoms with van der Waals surface area (Å²) < 4.78 is 0. The van der Waals surface area contributed by atoms with Gasteiger partial charge >= 0.3 is 0 Å². The summed E-state index contributed by atoms with van der Waals surface area (Å²) in [4.78, 5) is 29.9. The van der Waals surface area contributed by atoms with Gasteiger partial charge in [0, 0.05) is 32.1 Å². The molecule has 1 fully saturated rings. The lowest BCUT2D eigenvalue weighted by Gasteiger charge is -2.20. The van der Waals surface area contributed by atoms with E-state index in [0.717, 1.165) is 31.6 Å². The minimum Gasteiger partial charge on any atom is -0.350 e. The van der Waals surface area contributed by atoms with Gasteiger partial charge in [0.05, 0.1) is 12.2 Å². The van der Waals surface area contributed by atoms with E-state index in [2.05, 4.69) is 10.3 Å². The molecule has 0 aliphatic carbocycles. The van der Waals surface area contributed by atoms with Crippen molar-refractivity contribution in [2.24, 2.45) is 0 Å². The Morgan fingerprint density at radius 1 is 1.10 bits per heavy atom. The van der Waals surface area contributed by atoms with Crippen LogP contribution in [0, 0.1) is 0 Å². The Balaban J connectivity index is 1.67. The lowest BCUT2D eigenvalue weighted by atomic mass is 10.2. The van der Waals surface area contributed by atoms with Crippen molar-refractivity contribution in [3.8, 4) is 0 Å². The minimum atomic E-state index is -0.0937. The summed E-state index contributed by atoms with van der Waals surface area (Å²) in [5.41, 5.74) is 0.824. The topological polar surface area (TPSA) is 62.3 Å². The van der Waals surface area contributed by atoms with Crippen molar-refractivity contribution in [2.75, 3.05) is 13.1 Å². The van der Waals surface area contributed by atoms with Crippen molar-refractivity contribution in [1.82, 2.24) is 15.2 Å². The van der Waals surface area contributed by atoms with Crippen LogP contribution >= 0.6 is 0 Å². The van der Waals surface area contributed by atoms with E-state index in [9.17, 15) is 9.59 Å². The average molecular weight is 289 g/mol. The first-order valence-corrected chi connectivity index (χ1v) is 7.70. The number of hydrogen-bond donors (Lipinski definition) is 1. The molecule has 5 nitrogen and oxygen atoms in total. The molecular formula is C16H23N3O2. The standard InChI is InChI=1S/C16H23N3O2/c20-15(18-13-14-7-3-4-10-17-14)8-9-16(21)19-11-5-1-2-6-12-19/h3-4,7,10H,1-2,5-6,8-9,11-13H2,(H,18,20). The molecule has 2 amide bonds. The average Bonchev–Trinajstić information content (AvgIpc) is 2.81. The summed E-state index contributed by atoms with van der Waals surface area (Å²) in [6.45, 7) is 2.10. The SMILES string of the molecule is O=C(CCC(=O)N1CCCCCC1)NCc1ccccn1. The van der Waals surface area contributed by atoms with Gasteiger partial charge in [0.2, 0.25) is 11.8 Å². The Kier molecular flexibility index (Phi) is 6.19. The Hall–Kier alpha value is -1.91.